The minimum atomic E-state index is -0.313. The highest BCUT2D eigenvalue weighted by atomic mass is 16.2. The van der Waals surface area contributed by atoms with E-state index in [1.807, 2.05) is 0 Å². The predicted octanol–water partition coefficient (Wildman–Crippen LogP) is 9.27. The molecule has 1 amide bonds. The lowest BCUT2D eigenvalue weighted by Gasteiger charge is -2.70. The topological polar surface area (TPSA) is 61.6 Å². The van der Waals surface area contributed by atoms with Crippen LogP contribution >= 0.6 is 0 Å². The van der Waals surface area contributed by atoms with Gasteiger partial charge in [0.05, 0.1) is 5.41 Å². The monoisotopic (exact) mass is 757 g/mol. The van der Waals surface area contributed by atoms with Gasteiger partial charge in [-0.25, -0.2) is 0 Å². The Balaban J connectivity index is 0.923. The van der Waals surface area contributed by atoms with E-state index in [1.165, 1.54) is 114 Å². The molecule has 8 bridgehead atoms. The summed E-state index contributed by atoms with van der Waals surface area (Å²) >= 11 is 0. The van der Waals surface area contributed by atoms with Crippen molar-refractivity contribution in [2.24, 2.45) is 38.7 Å². The fourth-order valence-corrected chi connectivity index (χ4v) is 18.5. The SMILES string of the molecule is CC12CC3CC(CN4CCC(N)C(C)(C)C4)(C1)CC(c1ccc(C45CC6(C(=O)N[C@@H]7CCCN8CCC[C@H]78)C[C@](C)(C4)C[C@@](c4ccccc4)(C6)C5)cc1)(C3)C2. The summed E-state index contributed by atoms with van der Waals surface area (Å²) in [7, 11) is 0. The Kier molecular flexibility index (Phi) is 8.02. The van der Waals surface area contributed by atoms with Crippen LogP contribution < -0.4 is 11.1 Å². The van der Waals surface area contributed by atoms with E-state index in [0.717, 1.165) is 44.6 Å². The molecule has 2 aromatic rings. The lowest BCUT2D eigenvalue weighted by atomic mass is 9.33. The number of carbonyl (C=O) groups is 1. The molecule has 3 heterocycles. The number of hydrogen-bond donors (Lipinski definition) is 2. The molecule has 8 saturated carbocycles. The van der Waals surface area contributed by atoms with Crippen LogP contribution in [-0.4, -0.2) is 66.6 Å². The molecule has 8 aliphatic carbocycles. The highest BCUT2D eigenvalue weighted by Gasteiger charge is 2.70. The molecule has 3 aliphatic heterocycles. The van der Waals surface area contributed by atoms with Gasteiger partial charge in [-0.15, -0.1) is 0 Å². The molecule has 0 spiro atoms. The van der Waals surface area contributed by atoms with Crippen LogP contribution in [0.3, 0.4) is 0 Å². The third-order valence-corrected chi connectivity index (χ3v) is 18.9. The zero-order valence-corrected chi connectivity index (χ0v) is 35.4. The van der Waals surface area contributed by atoms with Gasteiger partial charge < -0.3 is 16.0 Å². The summed E-state index contributed by atoms with van der Waals surface area (Å²) in [6, 6.07) is 23.1. The van der Waals surface area contributed by atoms with Gasteiger partial charge in [0.1, 0.15) is 0 Å². The first kappa shape index (κ1) is 36.8. The predicted molar refractivity (Wildman–Crippen MR) is 226 cm³/mol. The summed E-state index contributed by atoms with van der Waals surface area (Å²) in [6.45, 7) is 16.0. The first-order valence-corrected chi connectivity index (χ1v) is 23.4. The Morgan fingerprint density at radius 3 is 2.04 bits per heavy atom. The number of benzene rings is 2. The van der Waals surface area contributed by atoms with Crippen LogP contribution in [0.5, 0.6) is 0 Å². The van der Waals surface area contributed by atoms with Gasteiger partial charge in [0.2, 0.25) is 5.91 Å². The molecule has 56 heavy (non-hydrogen) atoms. The highest BCUT2D eigenvalue weighted by molar-refractivity contribution is 5.84. The molecule has 302 valence electrons. The third kappa shape index (κ3) is 5.65. The molecule has 11 fully saturated rings. The summed E-state index contributed by atoms with van der Waals surface area (Å²) in [6.07, 6.45) is 21.1. The van der Waals surface area contributed by atoms with Crippen molar-refractivity contribution in [2.75, 3.05) is 32.7 Å². The number of rotatable bonds is 7. The molecule has 13 rings (SSSR count). The molecule has 7 unspecified atom stereocenters. The lowest BCUT2D eigenvalue weighted by molar-refractivity contribution is -0.167. The zero-order valence-electron chi connectivity index (χ0n) is 35.4. The first-order valence-electron chi connectivity index (χ1n) is 23.4. The van der Waals surface area contributed by atoms with E-state index >= 15 is 4.79 Å². The molecule has 0 radical (unpaired) electrons. The second-order valence-electron chi connectivity index (χ2n) is 24.3. The van der Waals surface area contributed by atoms with Gasteiger partial charge >= 0.3 is 0 Å². The number of hydrogen-bond acceptors (Lipinski definition) is 4. The van der Waals surface area contributed by atoms with Crippen molar-refractivity contribution >= 4 is 5.91 Å². The summed E-state index contributed by atoms with van der Waals surface area (Å²) in [4.78, 5) is 20.7. The van der Waals surface area contributed by atoms with Crippen LogP contribution in [0.15, 0.2) is 54.6 Å². The molecule has 3 N–H and O–H groups in total. The van der Waals surface area contributed by atoms with Crippen molar-refractivity contribution in [1.29, 1.82) is 0 Å². The fourth-order valence-electron chi connectivity index (χ4n) is 18.5. The minimum Gasteiger partial charge on any atom is -0.351 e. The summed E-state index contributed by atoms with van der Waals surface area (Å²) in [5.74, 6) is 1.25. The van der Waals surface area contributed by atoms with Crippen LogP contribution in [0.2, 0.25) is 0 Å². The van der Waals surface area contributed by atoms with Crippen molar-refractivity contribution in [3.05, 3.63) is 71.3 Å². The van der Waals surface area contributed by atoms with Crippen molar-refractivity contribution in [3.8, 4) is 0 Å². The van der Waals surface area contributed by atoms with Crippen molar-refractivity contribution in [1.82, 2.24) is 15.1 Å². The van der Waals surface area contributed by atoms with E-state index in [9.17, 15) is 0 Å². The number of carbonyl (C=O) groups excluding carboxylic acids is 1. The zero-order chi connectivity index (χ0) is 38.4. The lowest BCUT2D eigenvalue weighted by Crippen LogP contribution is -2.68. The Morgan fingerprint density at radius 1 is 0.679 bits per heavy atom. The standard InChI is InChI=1S/C51H72N4O/c1-44(2)34-54(21-18-42(44)52)35-47-23-36-22-45(3,25-47)26-48(24-36,30-47)38-14-16-39(17-15-38)50-28-46(4)27-49(31-50,37-10-6-5-7-11-37)32-51(29-46,33-50)43(56)53-40-12-8-19-55-20-9-13-41(40)55/h5-7,10-11,14-17,36,40-42H,8-9,12-13,18-35,52H2,1-4H3,(H,53,56)/t36?,40-,41-,42?,45?,46+,47?,48?,49+,50?,51?/m1/s1. The molecule has 5 nitrogen and oxygen atoms in total. The van der Waals surface area contributed by atoms with Gasteiger partial charge in [-0.2, -0.15) is 0 Å². The van der Waals surface area contributed by atoms with Gasteiger partial charge in [-0.3, -0.25) is 9.69 Å². The molecule has 11 aliphatic rings. The van der Waals surface area contributed by atoms with Gasteiger partial charge in [0, 0.05) is 31.2 Å². The maximum atomic E-state index is 15.2. The second-order valence-corrected chi connectivity index (χ2v) is 24.3. The number of nitrogens with two attached hydrogens (primary N) is 1. The van der Waals surface area contributed by atoms with Gasteiger partial charge in [0.15, 0.2) is 0 Å². The van der Waals surface area contributed by atoms with Gasteiger partial charge in [0.25, 0.3) is 0 Å². The Labute approximate surface area is 338 Å². The number of nitrogens with zero attached hydrogens (tertiary/aromatic N) is 2. The first-order chi connectivity index (χ1) is 26.7. The largest absolute Gasteiger partial charge is 0.351 e. The normalized spacial score (nSPS) is 47.6. The van der Waals surface area contributed by atoms with Crippen LogP contribution in [0.4, 0.5) is 0 Å². The number of nitrogens with one attached hydrogen (secondary N) is 1. The van der Waals surface area contributed by atoms with E-state index in [2.05, 4.69) is 97.4 Å². The van der Waals surface area contributed by atoms with Crippen LogP contribution in [0.1, 0.15) is 154 Å². The van der Waals surface area contributed by atoms with Crippen LogP contribution in [0, 0.1) is 33.0 Å². The average molecular weight is 757 g/mol. The number of fused-ring (bicyclic) bond motifs is 1. The quantitative estimate of drug-likeness (QED) is 0.296. The summed E-state index contributed by atoms with van der Waals surface area (Å²) < 4.78 is 0. The molecule has 3 saturated heterocycles. The van der Waals surface area contributed by atoms with Crippen LogP contribution in [0.25, 0.3) is 0 Å². The average Bonchev–Trinajstić information content (AvgIpc) is 3.62. The smallest absolute Gasteiger partial charge is 0.226 e. The Hall–Kier alpha value is -2.21. The number of likely N-dealkylation sites (tertiary alicyclic amines) is 1. The molecule has 5 heteroatoms. The van der Waals surface area contributed by atoms with E-state index in [0.29, 0.717) is 40.3 Å². The molecule has 2 aromatic carbocycles. The van der Waals surface area contributed by atoms with Crippen molar-refractivity contribution in [2.45, 2.75) is 171 Å². The minimum absolute atomic E-state index is 0.0256. The van der Waals surface area contributed by atoms with Crippen LogP contribution in [-0.2, 0) is 21.0 Å². The maximum Gasteiger partial charge on any atom is 0.226 e. The van der Waals surface area contributed by atoms with Gasteiger partial charge in [-0.05, 0) is 189 Å². The van der Waals surface area contributed by atoms with E-state index in [1.54, 1.807) is 5.56 Å². The van der Waals surface area contributed by atoms with E-state index < -0.39 is 0 Å². The van der Waals surface area contributed by atoms with Crippen molar-refractivity contribution in [3.63, 3.8) is 0 Å². The van der Waals surface area contributed by atoms with E-state index in [4.69, 9.17) is 5.73 Å². The molecular formula is C51H72N4O. The molecule has 11 atom stereocenters. The fraction of sp³-hybridized carbons (Fsp3) is 0.745. The Bertz CT molecular complexity index is 1880. The number of amides is 1. The summed E-state index contributed by atoms with van der Waals surface area (Å²) in [5, 5.41) is 3.84. The maximum absolute atomic E-state index is 15.2. The van der Waals surface area contributed by atoms with Gasteiger partial charge in [-0.1, -0.05) is 82.3 Å². The van der Waals surface area contributed by atoms with E-state index in [-0.39, 0.29) is 27.1 Å². The highest BCUT2D eigenvalue weighted by Crippen LogP contribution is 2.75. The number of piperidine rings is 2. The second kappa shape index (κ2) is 12.2. The molecular weight excluding hydrogens is 685 g/mol. The van der Waals surface area contributed by atoms with Crippen molar-refractivity contribution < 1.29 is 4.79 Å². The third-order valence-electron chi connectivity index (χ3n) is 18.9. The molecule has 0 aromatic heterocycles. The Morgan fingerprint density at radius 2 is 1.34 bits per heavy atom. The summed E-state index contributed by atoms with van der Waals surface area (Å²) in [5.41, 5.74) is 12.5.